The Bertz CT molecular complexity index is 103. The Labute approximate surface area is 55.1 Å². The third-order valence-corrected chi connectivity index (χ3v) is 1.28. The number of rotatable bonds is 1. The van der Waals surface area contributed by atoms with Crippen LogP contribution in [0.4, 0.5) is 0 Å². The lowest BCUT2D eigenvalue weighted by molar-refractivity contribution is 0.722. The van der Waals surface area contributed by atoms with E-state index in [-0.39, 0.29) is 18.4 Å². The van der Waals surface area contributed by atoms with E-state index in [0.717, 1.165) is 12.8 Å². The third kappa shape index (κ3) is 1.69. The van der Waals surface area contributed by atoms with Gasteiger partial charge >= 0.3 is 0 Å². The van der Waals surface area contributed by atoms with E-state index in [4.69, 9.17) is 11.0 Å². The molecule has 0 spiro atoms. The third-order valence-electron chi connectivity index (χ3n) is 1.28. The van der Waals surface area contributed by atoms with Gasteiger partial charge in [0.05, 0.1) is 12.1 Å². The number of nitrogens with two attached hydrogens (primary N) is 1. The molecule has 0 aliphatic heterocycles. The molecule has 1 fully saturated rings. The zero-order valence-corrected chi connectivity index (χ0v) is 5.32. The van der Waals surface area contributed by atoms with Crippen molar-refractivity contribution in [2.24, 2.45) is 11.7 Å². The molecule has 8 heavy (non-hydrogen) atoms. The summed E-state index contributed by atoms with van der Waals surface area (Å²) in [5.74, 6) is 0.532. The highest BCUT2D eigenvalue weighted by atomic mass is 35.5. The van der Waals surface area contributed by atoms with E-state index in [1.54, 1.807) is 0 Å². The summed E-state index contributed by atoms with van der Waals surface area (Å²) in [4.78, 5) is 0. The first-order valence-corrected chi connectivity index (χ1v) is 2.50. The van der Waals surface area contributed by atoms with E-state index >= 15 is 0 Å². The molecule has 0 bridgehead atoms. The summed E-state index contributed by atoms with van der Waals surface area (Å²) in [6.07, 6.45) is 2.32. The Kier molecular flexibility index (Phi) is 2.81. The molecule has 0 heterocycles. The van der Waals surface area contributed by atoms with Gasteiger partial charge in [-0.2, -0.15) is 5.26 Å². The second-order valence-electron chi connectivity index (χ2n) is 1.99. The van der Waals surface area contributed by atoms with Crippen LogP contribution in [0.25, 0.3) is 0 Å². The fourth-order valence-electron chi connectivity index (χ4n) is 0.561. The SMILES string of the molecule is Cl.N#C[C@H](N)C1CC1. The molecular formula is C5H9ClN2. The molecule has 0 aromatic heterocycles. The van der Waals surface area contributed by atoms with Crippen LogP contribution in [0.1, 0.15) is 12.8 Å². The minimum absolute atomic E-state index is 0. The highest BCUT2D eigenvalue weighted by Crippen LogP contribution is 2.30. The second-order valence-corrected chi connectivity index (χ2v) is 1.99. The maximum Gasteiger partial charge on any atom is 0.0956 e. The number of halogens is 1. The van der Waals surface area contributed by atoms with Gasteiger partial charge in [-0.05, 0) is 18.8 Å². The summed E-state index contributed by atoms with van der Waals surface area (Å²) in [6, 6.07) is 1.82. The largest absolute Gasteiger partial charge is 0.316 e. The van der Waals surface area contributed by atoms with Gasteiger partial charge in [0.1, 0.15) is 0 Å². The van der Waals surface area contributed by atoms with Crippen molar-refractivity contribution in [3.8, 4) is 6.07 Å². The lowest BCUT2D eigenvalue weighted by atomic mass is 10.2. The van der Waals surface area contributed by atoms with Crippen molar-refractivity contribution >= 4 is 12.4 Å². The molecule has 1 rings (SSSR count). The molecule has 0 amide bonds. The van der Waals surface area contributed by atoms with Crippen LogP contribution in [-0.2, 0) is 0 Å². The van der Waals surface area contributed by atoms with Crippen molar-refractivity contribution in [3.63, 3.8) is 0 Å². The van der Waals surface area contributed by atoms with Crippen molar-refractivity contribution < 1.29 is 0 Å². The molecule has 0 saturated heterocycles. The van der Waals surface area contributed by atoms with Gasteiger partial charge in [-0.25, -0.2) is 0 Å². The van der Waals surface area contributed by atoms with Gasteiger partial charge in [0.2, 0.25) is 0 Å². The summed E-state index contributed by atoms with van der Waals surface area (Å²) in [7, 11) is 0. The van der Waals surface area contributed by atoms with E-state index in [0.29, 0.717) is 5.92 Å². The van der Waals surface area contributed by atoms with Crippen LogP contribution in [0.5, 0.6) is 0 Å². The average molecular weight is 133 g/mol. The normalized spacial score (nSPS) is 20.5. The van der Waals surface area contributed by atoms with Crippen LogP contribution in [-0.4, -0.2) is 6.04 Å². The van der Waals surface area contributed by atoms with E-state index in [9.17, 15) is 0 Å². The highest BCUT2D eigenvalue weighted by Gasteiger charge is 2.27. The van der Waals surface area contributed by atoms with Gasteiger partial charge in [-0.15, -0.1) is 12.4 Å². The highest BCUT2D eigenvalue weighted by molar-refractivity contribution is 5.85. The summed E-state index contributed by atoms with van der Waals surface area (Å²) in [5, 5.41) is 8.17. The van der Waals surface area contributed by atoms with Crippen LogP contribution < -0.4 is 5.73 Å². The first kappa shape index (κ1) is 7.74. The van der Waals surface area contributed by atoms with Gasteiger partial charge < -0.3 is 5.73 Å². The first-order chi connectivity index (χ1) is 3.34. The molecule has 2 nitrogen and oxygen atoms in total. The molecule has 1 atom stereocenters. The summed E-state index contributed by atoms with van der Waals surface area (Å²) >= 11 is 0. The Hall–Kier alpha value is -0.260. The Morgan fingerprint density at radius 3 is 2.25 bits per heavy atom. The van der Waals surface area contributed by atoms with E-state index in [1.165, 1.54) is 0 Å². The fraction of sp³-hybridized carbons (Fsp3) is 0.800. The number of hydrogen-bond acceptors (Lipinski definition) is 2. The van der Waals surface area contributed by atoms with Crippen LogP contribution in [0.2, 0.25) is 0 Å². The Morgan fingerprint density at radius 2 is 2.12 bits per heavy atom. The number of nitriles is 1. The predicted octanol–water partition coefficient (Wildman–Crippen LogP) is 0.669. The zero-order chi connectivity index (χ0) is 5.28. The minimum Gasteiger partial charge on any atom is -0.316 e. The predicted molar refractivity (Wildman–Crippen MR) is 33.6 cm³/mol. The van der Waals surface area contributed by atoms with Crippen molar-refractivity contribution in [2.45, 2.75) is 18.9 Å². The maximum atomic E-state index is 8.17. The lowest BCUT2D eigenvalue weighted by Gasteiger charge is -1.91. The van der Waals surface area contributed by atoms with Gasteiger partial charge in [0.15, 0.2) is 0 Å². The van der Waals surface area contributed by atoms with Gasteiger partial charge in [-0.1, -0.05) is 0 Å². The molecule has 1 aliphatic carbocycles. The van der Waals surface area contributed by atoms with Crippen molar-refractivity contribution in [1.29, 1.82) is 5.26 Å². The summed E-state index contributed by atoms with van der Waals surface area (Å²) in [6.45, 7) is 0. The summed E-state index contributed by atoms with van der Waals surface area (Å²) < 4.78 is 0. The first-order valence-electron chi connectivity index (χ1n) is 2.50. The maximum absolute atomic E-state index is 8.17. The molecule has 0 unspecified atom stereocenters. The van der Waals surface area contributed by atoms with Gasteiger partial charge in [0.25, 0.3) is 0 Å². The second kappa shape index (κ2) is 2.91. The molecule has 0 aromatic carbocycles. The van der Waals surface area contributed by atoms with Crippen LogP contribution >= 0.6 is 12.4 Å². The van der Waals surface area contributed by atoms with E-state index < -0.39 is 0 Å². The standard InChI is InChI=1S/C5H8N2.ClH/c6-3-5(7)4-1-2-4;/h4-5H,1-2,7H2;1H/t5-;/m0./s1. The smallest absolute Gasteiger partial charge is 0.0956 e. The molecule has 2 N–H and O–H groups in total. The van der Waals surface area contributed by atoms with Crippen molar-refractivity contribution in [2.75, 3.05) is 0 Å². The van der Waals surface area contributed by atoms with E-state index in [1.807, 2.05) is 6.07 Å². The zero-order valence-electron chi connectivity index (χ0n) is 4.50. The van der Waals surface area contributed by atoms with Crippen molar-refractivity contribution in [1.82, 2.24) is 0 Å². The topological polar surface area (TPSA) is 49.8 Å². The van der Waals surface area contributed by atoms with Gasteiger partial charge in [-0.3, -0.25) is 0 Å². The molecule has 46 valence electrons. The summed E-state index contributed by atoms with van der Waals surface area (Å²) in [5.41, 5.74) is 5.32. The van der Waals surface area contributed by atoms with E-state index in [2.05, 4.69) is 0 Å². The monoisotopic (exact) mass is 132 g/mol. The molecule has 0 aromatic rings. The molecule has 0 radical (unpaired) electrons. The van der Waals surface area contributed by atoms with Crippen LogP contribution in [0, 0.1) is 17.2 Å². The molecular weight excluding hydrogens is 124 g/mol. The molecule has 1 aliphatic rings. The molecule has 1 saturated carbocycles. The lowest BCUT2D eigenvalue weighted by Crippen LogP contribution is -2.18. The average Bonchev–Trinajstić information content (AvgIpc) is 2.44. The van der Waals surface area contributed by atoms with Crippen LogP contribution in [0.3, 0.4) is 0 Å². The van der Waals surface area contributed by atoms with Crippen LogP contribution in [0.15, 0.2) is 0 Å². The number of nitrogens with zero attached hydrogens (tertiary/aromatic N) is 1. The van der Waals surface area contributed by atoms with Crippen molar-refractivity contribution in [3.05, 3.63) is 0 Å². The Morgan fingerprint density at radius 1 is 1.62 bits per heavy atom. The Balaban J connectivity index is 0.000000490. The molecule has 3 heteroatoms. The quantitative estimate of drug-likeness (QED) is 0.570. The minimum atomic E-state index is -0.181. The number of hydrogen-bond donors (Lipinski definition) is 1. The van der Waals surface area contributed by atoms with Gasteiger partial charge in [0, 0.05) is 0 Å². The fourth-order valence-corrected chi connectivity index (χ4v) is 0.561.